The lowest BCUT2D eigenvalue weighted by Gasteiger charge is -2.23. The molecule has 0 aromatic heterocycles. The van der Waals surface area contributed by atoms with Crippen LogP contribution in [0.2, 0.25) is 0 Å². The Hall–Kier alpha value is -3.24. The van der Waals surface area contributed by atoms with Gasteiger partial charge in [-0.25, -0.2) is 18.2 Å². The molecule has 0 atom stereocenters. The first-order valence-corrected chi connectivity index (χ1v) is 12.4. The van der Waals surface area contributed by atoms with Gasteiger partial charge < -0.3 is 4.90 Å². The topological polar surface area (TPSA) is 82.1 Å². The summed E-state index contributed by atoms with van der Waals surface area (Å²) >= 11 is 3.49. The molecule has 0 saturated carbocycles. The quantitative estimate of drug-likeness (QED) is 0.337. The van der Waals surface area contributed by atoms with E-state index in [-0.39, 0.29) is 4.90 Å². The zero-order valence-electron chi connectivity index (χ0n) is 18.9. The van der Waals surface area contributed by atoms with Crippen LogP contribution in [0.1, 0.15) is 11.1 Å². The average Bonchev–Trinajstić information content (AvgIpc) is 2.78. The van der Waals surface area contributed by atoms with Crippen LogP contribution in [0.5, 0.6) is 0 Å². The molecule has 0 saturated heterocycles. The highest BCUT2D eigenvalue weighted by Gasteiger charge is 2.27. The van der Waals surface area contributed by atoms with Crippen molar-refractivity contribution in [2.75, 3.05) is 29.8 Å². The van der Waals surface area contributed by atoms with Crippen LogP contribution < -0.4 is 14.6 Å². The number of hydrazone groups is 1. The summed E-state index contributed by atoms with van der Waals surface area (Å²) in [5, 5.41) is 3.95. The molecular formula is C24H24BrFN4O3S. The predicted molar refractivity (Wildman–Crippen MR) is 136 cm³/mol. The summed E-state index contributed by atoms with van der Waals surface area (Å²) in [6.45, 7) is 1.36. The smallest absolute Gasteiger partial charge is 0.264 e. The van der Waals surface area contributed by atoms with Crippen molar-refractivity contribution in [3.63, 3.8) is 0 Å². The van der Waals surface area contributed by atoms with Gasteiger partial charge in [0.15, 0.2) is 0 Å². The Balaban J connectivity index is 1.80. The normalized spacial score (nSPS) is 11.4. The summed E-state index contributed by atoms with van der Waals surface area (Å²) < 4.78 is 41.7. The lowest BCUT2D eigenvalue weighted by atomic mass is 10.2. The maximum atomic E-state index is 13.3. The molecule has 0 radical (unpaired) electrons. The summed E-state index contributed by atoms with van der Waals surface area (Å²) in [5.41, 5.74) is 5.34. The van der Waals surface area contributed by atoms with E-state index in [4.69, 9.17) is 0 Å². The zero-order valence-corrected chi connectivity index (χ0v) is 21.3. The standard InChI is InChI=1S/C24H24BrFN4O3S/c1-17-4-9-20(10-5-17)30(34(32,33)21-11-7-19(26)8-12-21)16-24(31)28-27-15-18-6-13-23(29(2)3)22(25)14-18/h4-15H,16H2,1-3H3,(H,28,31)/b27-15-. The van der Waals surface area contributed by atoms with Gasteiger partial charge in [0.05, 0.1) is 22.5 Å². The van der Waals surface area contributed by atoms with Gasteiger partial charge in [-0.3, -0.25) is 9.10 Å². The van der Waals surface area contributed by atoms with Crippen molar-refractivity contribution in [1.82, 2.24) is 5.43 Å². The van der Waals surface area contributed by atoms with E-state index in [1.807, 2.05) is 44.1 Å². The number of sulfonamides is 1. The third-order valence-electron chi connectivity index (χ3n) is 4.87. The molecule has 3 aromatic carbocycles. The fourth-order valence-corrected chi connectivity index (χ4v) is 5.24. The van der Waals surface area contributed by atoms with Crippen molar-refractivity contribution >= 4 is 49.4 Å². The minimum Gasteiger partial charge on any atom is -0.377 e. The summed E-state index contributed by atoms with van der Waals surface area (Å²) in [5.74, 6) is -1.19. The van der Waals surface area contributed by atoms with Gasteiger partial charge in [0.1, 0.15) is 12.4 Å². The Labute approximate surface area is 207 Å². The van der Waals surface area contributed by atoms with Gasteiger partial charge in [-0.1, -0.05) is 23.8 Å². The molecule has 0 fully saturated rings. The van der Waals surface area contributed by atoms with Gasteiger partial charge in [-0.15, -0.1) is 0 Å². The van der Waals surface area contributed by atoms with Gasteiger partial charge in [-0.2, -0.15) is 5.10 Å². The van der Waals surface area contributed by atoms with Crippen molar-refractivity contribution in [2.45, 2.75) is 11.8 Å². The molecular weight excluding hydrogens is 523 g/mol. The number of rotatable bonds is 8. The molecule has 0 spiro atoms. The Morgan fingerprint density at radius 3 is 2.29 bits per heavy atom. The molecule has 10 heteroatoms. The molecule has 0 aliphatic heterocycles. The van der Waals surface area contributed by atoms with Crippen LogP contribution in [0.25, 0.3) is 0 Å². The summed E-state index contributed by atoms with van der Waals surface area (Å²) in [6, 6.07) is 16.7. The van der Waals surface area contributed by atoms with E-state index in [2.05, 4.69) is 26.5 Å². The van der Waals surface area contributed by atoms with Gasteiger partial charge >= 0.3 is 0 Å². The number of hydrogen-bond donors (Lipinski definition) is 1. The number of nitrogens with one attached hydrogen (secondary N) is 1. The molecule has 1 N–H and O–H groups in total. The second-order valence-corrected chi connectivity index (χ2v) is 10.4. The minimum absolute atomic E-state index is 0.128. The first-order valence-electron chi connectivity index (χ1n) is 10.2. The minimum atomic E-state index is -4.13. The SMILES string of the molecule is Cc1ccc(N(CC(=O)N/N=C\c2ccc(N(C)C)c(Br)c2)S(=O)(=O)c2ccc(F)cc2)cc1. The third kappa shape index (κ3) is 6.21. The summed E-state index contributed by atoms with van der Waals surface area (Å²) in [4.78, 5) is 14.4. The Morgan fingerprint density at radius 1 is 1.06 bits per heavy atom. The molecule has 0 unspecified atom stereocenters. The van der Waals surface area contributed by atoms with Gasteiger partial charge in [-0.05, 0) is 76.9 Å². The number of carbonyl (C=O) groups is 1. The molecule has 0 aliphatic carbocycles. The van der Waals surface area contributed by atoms with Crippen molar-refractivity contribution in [3.8, 4) is 0 Å². The molecule has 3 aromatic rings. The van der Waals surface area contributed by atoms with Crippen LogP contribution in [0.15, 0.2) is 81.2 Å². The van der Waals surface area contributed by atoms with E-state index >= 15 is 0 Å². The number of halogens is 2. The Morgan fingerprint density at radius 2 is 1.71 bits per heavy atom. The van der Waals surface area contributed by atoms with Crippen molar-refractivity contribution in [3.05, 3.63) is 88.1 Å². The van der Waals surface area contributed by atoms with Crippen LogP contribution >= 0.6 is 15.9 Å². The van der Waals surface area contributed by atoms with Crippen LogP contribution in [0, 0.1) is 12.7 Å². The Kier molecular flexibility index (Phi) is 8.06. The number of carbonyl (C=O) groups excluding carboxylic acids is 1. The lowest BCUT2D eigenvalue weighted by molar-refractivity contribution is -0.119. The first kappa shape index (κ1) is 25.4. The van der Waals surface area contributed by atoms with Crippen LogP contribution in [0.4, 0.5) is 15.8 Å². The fourth-order valence-electron chi connectivity index (χ4n) is 3.07. The maximum absolute atomic E-state index is 13.3. The number of hydrogen-bond acceptors (Lipinski definition) is 5. The molecule has 1 amide bonds. The van der Waals surface area contributed by atoms with E-state index in [0.717, 1.165) is 49.9 Å². The lowest BCUT2D eigenvalue weighted by Crippen LogP contribution is -2.39. The number of nitrogens with zero attached hydrogens (tertiary/aromatic N) is 3. The first-order chi connectivity index (χ1) is 16.1. The van der Waals surface area contributed by atoms with Crippen molar-refractivity contribution in [1.29, 1.82) is 0 Å². The number of aryl methyl sites for hydroxylation is 1. The largest absolute Gasteiger partial charge is 0.377 e. The number of amides is 1. The summed E-state index contributed by atoms with van der Waals surface area (Å²) in [6.07, 6.45) is 1.47. The summed E-state index contributed by atoms with van der Waals surface area (Å²) in [7, 11) is -0.282. The van der Waals surface area contributed by atoms with Gasteiger partial charge in [0.2, 0.25) is 0 Å². The monoisotopic (exact) mass is 546 g/mol. The van der Waals surface area contributed by atoms with E-state index in [9.17, 15) is 17.6 Å². The van der Waals surface area contributed by atoms with Gasteiger partial charge in [0.25, 0.3) is 15.9 Å². The highest BCUT2D eigenvalue weighted by Crippen LogP contribution is 2.26. The molecule has 0 heterocycles. The van der Waals surface area contributed by atoms with E-state index < -0.39 is 28.3 Å². The predicted octanol–water partition coefficient (Wildman–Crippen LogP) is 4.31. The van der Waals surface area contributed by atoms with Gasteiger partial charge in [0, 0.05) is 18.6 Å². The van der Waals surface area contributed by atoms with E-state index in [1.165, 1.54) is 6.21 Å². The maximum Gasteiger partial charge on any atom is 0.264 e. The average molecular weight is 547 g/mol. The van der Waals surface area contributed by atoms with Crippen molar-refractivity contribution < 1.29 is 17.6 Å². The fraction of sp³-hybridized carbons (Fsp3) is 0.167. The number of benzene rings is 3. The van der Waals surface area contributed by atoms with E-state index in [0.29, 0.717) is 5.69 Å². The molecule has 0 bridgehead atoms. The molecule has 34 heavy (non-hydrogen) atoms. The van der Waals surface area contributed by atoms with Crippen LogP contribution in [-0.4, -0.2) is 41.2 Å². The Bertz CT molecular complexity index is 1290. The second-order valence-electron chi connectivity index (χ2n) is 7.70. The van der Waals surface area contributed by atoms with Crippen LogP contribution in [-0.2, 0) is 14.8 Å². The molecule has 0 aliphatic rings. The highest BCUT2D eigenvalue weighted by molar-refractivity contribution is 9.10. The highest BCUT2D eigenvalue weighted by atomic mass is 79.9. The third-order valence-corrected chi connectivity index (χ3v) is 7.29. The molecule has 3 rings (SSSR count). The zero-order chi connectivity index (χ0) is 24.9. The second kappa shape index (κ2) is 10.8. The van der Waals surface area contributed by atoms with Crippen molar-refractivity contribution in [2.24, 2.45) is 5.10 Å². The van der Waals surface area contributed by atoms with Crippen LogP contribution in [0.3, 0.4) is 0 Å². The van der Waals surface area contributed by atoms with E-state index in [1.54, 1.807) is 24.3 Å². The molecule has 7 nitrogen and oxygen atoms in total. The molecule has 178 valence electrons. The number of anilines is 2.